The van der Waals surface area contributed by atoms with Gasteiger partial charge in [0.25, 0.3) is 0 Å². The van der Waals surface area contributed by atoms with E-state index in [1.54, 1.807) is 20.8 Å². The lowest BCUT2D eigenvalue weighted by Crippen LogP contribution is -2.40. The fraction of sp³-hybridized carbons (Fsp3) is 0.500. The highest BCUT2D eigenvalue weighted by molar-refractivity contribution is 5.68. The number of amides is 1. The Balaban J connectivity index is 2.32. The Labute approximate surface area is 151 Å². The van der Waals surface area contributed by atoms with Crippen LogP contribution in [0.4, 0.5) is 13.6 Å². The monoisotopic (exact) mass is 366 g/mol. The summed E-state index contributed by atoms with van der Waals surface area (Å²) in [7, 11) is 0. The third-order valence-corrected chi connectivity index (χ3v) is 3.47. The van der Waals surface area contributed by atoms with E-state index in [0.717, 1.165) is 18.2 Å². The van der Waals surface area contributed by atoms with E-state index in [-0.39, 0.29) is 11.4 Å². The molecule has 2 N–H and O–H groups in total. The van der Waals surface area contributed by atoms with Crippen molar-refractivity contribution in [3.63, 3.8) is 0 Å². The van der Waals surface area contributed by atoms with Crippen molar-refractivity contribution in [2.45, 2.75) is 53.2 Å². The predicted molar refractivity (Wildman–Crippen MR) is 93.3 cm³/mol. The summed E-state index contributed by atoms with van der Waals surface area (Å²) >= 11 is 0. The number of halogens is 2. The van der Waals surface area contributed by atoms with Gasteiger partial charge in [-0.2, -0.15) is 5.10 Å². The Kier molecular flexibility index (Phi) is 5.34. The molecule has 1 atom stereocenters. The third-order valence-electron chi connectivity index (χ3n) is 3.47. The first-order chi connectivity index (χ1) is 11.9. The standard InChI is InChI=1S/C18H24F2N4O2/c1-17(2,3)13(21-16(25)26-18(4,5)6)15-22-14(23-24-15)11-9-10(19)7-8-12(11)20/h7-9,13H,1-6H3,(H,21,25)(H,22,23,24). The molecule has 0 aliphatic heterocycles. The molecule has 0 saturated heterocycles. The molecule has 6 nitrogen and oxygen atoms in total. The smallest absolute Gasteiger partial charge is 0.408 e. The molecule has 8 heteroatoms. The van der Waals surface area contributed by atoms with Gasteiger partial charge in [-0.25, -0.2) is 18.6 Å². The lowest BCUT2D eigenvalue weighted by Gasteiger charge is -2.30. The third kappa shape index (κ3) is 5.00. The number of carbonyl (C=O) groups excluding carboxylic acids is 1. The summed E-state index contributed by atoms with van der Waals surface area (Å²) in [4.78, 5) is 16.4. The molecule has 1 heterocycles. The number of carbonyl (C=O) groups is 1. The van der Waals surface area contributed by atoms with E-state index >= 15 is 0 Å². The summed E-state index contributed by atoms with van der Waals surface area (Å²) in [6, 6.07) is 2.49. The highest BCUT2D eigenvalue weighted by atomic mass is 19.1. The van der Waals surface area contributed by atoms with Crippen molar-refractivity contribution in [1.29, 1.82) is 0 Å². The molecule has 1 aromatic heterocycles. The maximum atomic E-state index is 13.9. The van der Waals surface area contributed by atoms with E-state index in [1.807, 2.05) is 20.8 Å². The van der Waals surface area contributed by atoms with Gasteiger partial charge < -0.3 is 10.1 Å². The van der Waals surface area contributed by atoms with Gasteiger partial charge in [0.15, 0.2) is 5.82 Å². The lowest BCUT2D eigenvalue weighted by atomic mass is 9.86. The molecule has 0 aliphatic rings. The van der Waals surface area contributed by atoms with E-state index in [2.05, 4.69) is 20.5 Å². The van der Waals surface area contributed by atoms with Crippen molar-refractivity contribution in [3.05, 3.63) is 35.7 Å². The first kappa shape index (κ1) is 19.8. The number of hydrogen-bond donors (Lipinski definition) is 2. The Morgan fingerprint density at radius 3 is 2.42 bits per heavy atom. The summed E-state index contributed by atoms with van der Waals surface area (Å²) in [6.45, 7) is 11.0. The van der Waals surface area contributed by atoms with Crippen LogP contribution in [0.25, 0.3) is 11.4 Å². The molecule has 0 spiro atoms. The largest absolute Gasteiger partial charge is 0.444 e. The minimum Gasteiger partial charge on any atom is -0.444 e. The summed E-state index contributed by atoms with van der Waals surface area (Å²) in [5.41, 5.74) is -1.14. The van der Waals surface area contributed by atoms with Crippen molar-refractivity contribution < 1.29 is 18.3 Å². The van der Waals surface area contributed by atoms with Gasteiger partial charge in [-0.15, -0.1) is 0 Å². The Morgan fingerprint density at radius 2 is 1.85 bits per heavy atom. The summed E-state index contributed by atoms with van der Waals surface area (Å²) < 4.78 is 32.6. The van der Waals surface area contributed by atoms with E-state index in [9.17, 15) is 13.6 Å². The molecular weight excluding hydrogens is 342 g/mol. The van der Waals surface area contributed by atoms with Gasteiger partial charge in [-0.1, -0.05) is 20.8 Å². The molecule has 0 saturated carbocycles. The lowest BCUT2D eigenvalue weighted by molar-refractivity contribution is 0.0458. The minimum atomic E-state index is -0.649. The number of aromatic amines is 1. The van der Waals surface area contributed by atoms with Crippen molar-refractivity contribution in [1.82, 2.24) is 20.5 Å². The van der Waals surface area contributed by atoms with E-state index < -0.39 is 34.8 Å². The topological polar surface area (TPSA) is 79.9 Å². The van der Waals surface area contributed by atoms with Crippen LogP contribution in [0, 0.1) is 17.0 Å². The summed E-state index contributed by atoms with van der Waals surface area (Å²) in [6.07, 6.45) is -0.604. The fourth-order valence-electron chi connectivity index (χ4n) is 2.31. The number of alkyl carbamates (subject to hydrolysis) is 1. The van der Waals surface area contributed by atoms with Crippen molar-refractivity contribution in [2.24, 2.45) is 5.41 Å². The van der Waals surface area contributed by atoms with Gasteiger partial charge in [0.05, 0.1) is 11.6 Å². The molecule has 142 valence electrons. The van der Waals surface area contributed by atoms with Crippen molar-refractivity contribution in [3.8, 4) is 11.4 Å². The summed E-state index contributed by atoms with van der Waals surface area (Å²) in [5.74, 6) is -0.893. The van der Waals surface area contributed by atoms with Gasteiger partial charge in [-0.3, -0.25) is 5.10 Å². The number of ether oxygens (including phenoxy) is 1. The number of nitrogens with one attached hydrogen (secondary N) is 2. The van der Waals surface area contributed by atoms with E-state index in [4.69, 9.17) is 4.74 Å². The van der Waals surface area contributed by atoms with Gasteiger partial charge in [-0.05, 0) is 44.4 Å². The minimum absolute atomic E-state index is 0.0113. The molecule has 1 amide bonds. The fourth-order valence-corrected chi connectivity index (χ4v) is 2.31. The second-order valence-corrected chi connectivity index (χ2v) is 8.11. The van der Waals surface area contributed by atoms with Gasteiger partial charge in [0.1, 0.15) is 23.1 Å². The Hall–Kier alpha value is -2.51. The zero-order valence-corrected chi connectivity index (χ0v) is 15.8. The molecule has 1 aromatic carbocycles. The number of nitrogens with zero attached hydrogens (tertiary/aromatic N) is 2. The van der Waals surface area contributed by atoms with Crippen molar-refractivity contribution >= 4 is 6.09 Å². The molecule has 0 radical (unpaired) electrons. The maximum absolute atomic E-state index is 13.9. The van der Waals surface area contributed by atoms with E-state index in [1.165, 1.54) is 0 Å². The molecule has 0 fully saturated rings. The van der Waals surface area contributed by atoms with Crippen LogP contribution in [0.1, 0.15) is 53.4 Å². The number of H-pyrrole nitrogens is 1. The number of aromatic nitrogens is 3. The average Bonchev–Trinajstić information content (AvgIpc) is 2.93. The van der Waals surface area contributed by atoms with Crippen LogP contribution in [0.3, 0.4) is 0 Å². The average molecular weight is 366 g/mol. The molecule has 2 aromatic rings. The van der Waals surface area contributed by atoms with E-state index in [0.29, 0.717) is 5.82 Å². The molecule has 1 unspecified atom stereocenters. The van der Waals surface area contributed by atoms with Gasteiger partial charge in [0.2, 0.25) is 0 Å². The normalized spacial score (nSPS) is 13.4. The highest BCUT2D eigenvalue weighted by Crippen LogP contribution is 2.32. The van der Waals surface area contributed by atoms with Gasteiger partial charge >= 0.3 is 6.09 Å². The first-order valence-electron chi connectivity index (χ1n) is 8.24. The number of hydrogen-bond acceptors (Lipinski definition) is 4. The molecule has 26 heavy (non-hydrogen) atoms. The molecule has 2 rings (SSSR count). The zero-order valence-electron chi connectivity index (χ0n) is 15.8. The second kappa shape index (κ2) is 7.01. The van der Waals surface area contributed by atoms with Crippen LogP contribution >= 0.6 is 0 Å². The zero-order chi connectivity index (χ0) is 19.7. The van der Waals surface area contributed by atoms with Crippen LogP contribution in [-0.4, -0.2) is 26.9 Å². The van der Waals surface area contributed by atoms with Crippen LogP contribution in [0.2, 0.25) is 0 Å². The molecule has 0 bridgehead atoms. The van der Waals surface area contributed by atoms with Crippen LogP contribution in [0.5, 0.6) is 0 Å². The molecular formula is C18H24F2N4O2. The number of benzene rings is 1. The SMILES string of the molecule is CC(C)(C)OC(=O)NC(c1nc(-c2cc(F)ccc2F)n[nH]1)C(C)(C)C. The number of rotatable bonds is 3. The quantitative estimate of drug-likeness (QED) is 0.846. The maximum Gasteiger partial charge on any atom is 0.408 e. The Bertz CT molecular complexity index is 791. The highest BCUT2D eigenvalue weighted by Gasteiger charge is 2.32. The predicted octanol–water partition coefficient (Wildman–Crippen LogP) is 4.36. The van der Waals surface area contributed by atoms with Crippen LogP contribution in [-0.2, 0) is 4.74 Å². The van der Waals surface area contributed by atoms with Crippen molar-refractivity contribution in [2.75, 3.05) is 0 Å². The van der Waals surface area contributed by atoms with Crippen LogP contribution in [0.15, 0.2) is 18.2 Å². The first-order valence-corrected chi connectivity index (χ1v) is 8.24. The van der Waals surface area contributed by atoms with Crippen LogP contribution < -0.4 is 5.32 Å². The Morgan fingerprint density at radius 1 is 1.19 bits per heavy atom. The molecule has 0 aliphatic carbocycles. The summed E-state index contributed by atoms with van der Waals surface area (Å²) in [5, 5.41) is 9.43. The second-order valence-electron chi connectivity index (χ2n) is 8.11. The van der Waals surface area contributed by atoms with Gasteiger partial charge in [0, 0.05) is 0 Å².